The van der Waals surface area contributed by atoms with E-state index in [0.717, 1.165) is 11.0 Å². The summed E-state index contributed by atoms with van der Waals surface area (Å²) >= 11 is 0. The van der Waals surface area contributed by atoms with E-state index < -0.39 is 5.56 Å². The summed E-state index contributed by atoms with van der Waals surface area (Å²) in [7, 11) is 0. The van der Waals surface area contributed by atoms with Crippen LogP contribution in [0.25, 0.3) is 0 Å². The van der Waals surface area contributed by atoms with E-state index in [1.54, 1.807) is 0 Å². The van der Waals surface area contributed by atoms with Gasteiger partial charge in [0, 0.05) is 18.8 Å². The molecule has 6 nitrogen and oxygen atoms in total. The molecule has 96 valence electrons. The lowest BCUT2D eigenvalue weighted by Crippen LogP contribution is -2.42. The molecule has 0 saturated heterocycles. The van der Waals surface area contributed by atoms with Crippen LogP contribution in [-0.4, -0.2) is 22.3 Å². The van der Waals surface area contributed by atoms with E-state index in [1.165, 1.54) is 4.57 Å². The molecule has 0 amide bonds. The van der Waals surface area contributed by atoms with Crippen LogP contribution in [0.3, 0.4) is 0 Å². The number of hydrogen-bond acceptors (Lipinski definition) is 4. The summed E-state index contributed by atoms with van der Waals surface area (Å²) in [5.41, 5.74) is -0.134. The highest BCUT2D eigenvalue weighted by Crippen LogP contribution is 2.12. The second-order valence-electron chi connectivity index (χ2n) is 4.12. The van der Waals surface area contributed by atoms with Crippen LogP contribution in [0.1, 0.15) is 24.6 Å². The molecule has 1 aliphatic rings. The van der Waals surface area contributed by atoms with Gasteiger partial charge in [-0.15, -0.1) is 0 Å². The van der Waals surface area contributed by atoms with Gasteiger partial charge in [0.1, 0.15) is 11.6 Å². The molecular weight excluding hydrogens is 234 g/mol. The van der Waals surface area contributed by atoms with Crippen molar-refractivity contribution in [2.45, 2.75) is 32.9 Å². The molecular formula is C12H15N3O3. The van der Waals surface area contributed by atoms with Crippen LogP contribution in [-0.2, 0) is 24.2 Å². The van der Waals surface area contributed by atoms with Gasteiger partial charge in [0.15, 0.2) is 0 Å². The molecule has 2 heterocycles. The van der Waals surface area contributed by atoms with Gasteiger partial charge in [0.2, 0.25) is 0 Å². The van der Waals surface area contributed by atoms with E-state index >= 15 is 0 Å². The summed E-state index contributed by atoms with van der Waals surface area (Å²) < 4.78 is 7.78. The highest BCUT2D eigenvalue weighted by atomic mass is 16.5. The summed E-state index contributed by atoms with van der Waals surface area (Å²) in [5, 5.41) is 9.06. The zero-order valence-electron chi connectivity index (χ0n) is 10.3. The third-order valence-corrected chi connectivity index (χ3v) is 3.11. The van der Waals surface area contributed by atoms with E-state index in [9.17, 15) is 9.59 Å². The quantitative estimate of drug-likeness (QED) is 0.696. The fraction of sp³-hybridized carbons (Fsp3) is 0.583. The Kier molecular flexibility index (Phi) is 3.63. The summed E-state index contributed by atoms with van der Waals surface area (Å²) in [6.07, 6.45) is 1.43. The minimum atomic E-state index is -0.490. The van der Waals surface area contributed by atoms with Gasteiger partial charge in [-0.3, -0.25) is 13.9 Å². The fourth-order valence-electron chi connectivity index (χ4n) is 2.25. The molecule has 1 aliphatic heterocycles. The molecule has 0 aliphatic carbocycles. The second kappa shape index (κ2) is 5.19. The normalized spacial score (nSPS) is 13.3. The molecule has 2 rings (SSSR count). The largest absolute Gasteiger partial charge is 0.380 e. The van der Waals surface area contributed by atoms with Crippen LogP contribution >= 0.6 is 0 Å². The van der Waals surface area contributed by atoms with Gasteiger partial charge in [0.05, 0.1) is 13.2 Å². The van der Waals surface area contributed by atoms with Crippen molar-refractivity contribution >= 4 is 0 Å². The molecule has 0 atom stereocenters. The van der Waals surface area contributed by atoms with E-state index in [2.05, 4.69) is 0 Å². The third kappa shape index (κ3) is 1.97. The number of hydrogen-bond donors (Lipinski definition) is 0. The first-order valence-corrected chi connectivity index (χ1v) is 6.05. The van der Waals surface area contributed by atoms with Crippen molar-refractivity contribution in [3.05, 3.63) is 32.1 Å². The second-order valence-corrected chi connectivity index (χ2v) is 4.12. The van der Waals surface area contributed by atoms with Crippen molar-refractivity contribution in [2.24, 2.45) is 0 Å². The van der Waals surface area contributed by atoms with Crippen molar-refractivity contribution in [2.75, 3.05) is 13.2 Å². The maximum atomic E-state index is 12.1. The number of nitrogens with zero attached hydrogens (tertiary/aromatic N) is 3. The predicted molar refractivity (Wildman–Crippen MR) is 64.5 cm³/mol. The molecule has 0 saturated carbocycles. The van der Waals surface area contributed by atoms with Gasteiger partial charge in [-0.05, 0) is 19.8 Å². The molecule has 1 aromatic rings. The van der Waals surface area contributed by atoms with Gasteiger partial charge in [0.25, 0.3) is 5.56 Å². The minimum absolute atomic E-state index is 0.101. The highest BCUT2D eigenvalue weighted by molar-refractivity contribution is 5.32. The molecule has 0 bridgehead atoms. The van der Waals surface area contributed by atoms with Crippen molar-refractivity contribution in [3.8, 4) is 6.07 Å². The molecule has 0 radical (unpaired) electrons. The SMILES string of the molecule is CCOCCn1c(=O)c(C#N)c2n(c1=O)CCC2. The Balaban J connectivity index is 2.51. The summed E-state index contributed by atoms with van der Waals surface area (Å²) in [6, 6.07) is 1.92. The first-order valence-electron chi connectivity index (χ1n) is 6.05. The molecule has 0 fully saturated rings. The van der Waals surface area contributed by atoms with Crippen LogP contribution < -0.4 is 11.2 Å². The van der Waals surface area contributed by atoms with Crippen molar-refractivity contribution in [3.63, 3.8) is 0 Å². The number of fused-ring (bicyclic) bond motifs is 1. The summed E-state index contributed by atoms with van der Waals surface area (Å²) in [5.74, 6) is 0. The zero-order valence-corrected chi connectivity index (χ0v) is 10.3. The molecule has 0 aromatic carbocycles. The Hall–Kier alpha value is -1.87. The van der Waals surface area contributed by atoms with E-state index in [-0.39, 0.29) is 17.8 Å². The maximum Gasteiger partial charge on any atom is 0.331 e. The van der Waals surface area contributed by atoms with Crippen LogP contribution in [0.15, 0.2) is 9.59 Å². The van der Waals surface area contributed by atoms with E-state index in [4.69, 9.17) is 10.00 Å². The van der Waals surface area contributed by atoms with Gasteiger partial charge < -0.3 is 4.74 Å². The Morgan fingerprint density at radius 2 is 2.22 bits per heavy atom. The van der Waals surface area contributed by atoms with Gasteiger partial charge in [-0.25, -0.2) is 4.79 Å². The fourth-order valence-corrected chi connectivity index (χ4v) is 2.25. The Bertz CT molecular complexity index is 607. The summed E-state index contributed by atoms with van der Waals surface area (Å²) in [6.45, 7) is 3.46. The molecule has 1 aromatic heterocycles. The predicted octanol–water partition coefficient (Wildman–Crippen LogP) is -0.136. The van der Waals surface area contributed by atoms with Gasteiger partial charge in [-0.1, -0.05) is 0 Å². The van der Waals surface area contributed by atoms with E-state index in [1.807, 2.05) is 13.0 Å². The van der Waals surface area contributed by atoms with Gasteiger partial charge in [-0.2, -0.15) is 5.26 Å². The first-order chi connectivity index (χ1) is 8.70. The molecule has 6 heteroatoms. The average Bonchev–Trinajstić information content (AvgIpc) is 2.83. The number of rotatable bonds is 4. The molecule has 0 N–H and O–H groups in total. The third-order valence-electron chi connectivity index (χ3n) is 3.11. The lowest BCUT2D eigenvalue weighted by molar-refractivity contribution is 0.137. The Morgan fingerprint density at radius 1 is 1.44 bits per heavy atom. The lowest BCUT2D eigenvalue weighted by atomic mass is 10.2. The maximum absolute atomic E-state index is 12.1. The monoisotopic (exact) mass is 249 g/mol. The topological polar surface area (TPSA) is 77.0 Å². The van der Waals surface area contributed by atoms with Crippen molar-refractivity contribution < 1.29 is 4.74 Å². The Morgan fingerprint density at radius 3 is 2.89 bits per heavy atom. The van der Waals surface area contributed by atoms with Crippen LogP contribution in [0.2, 0.25) is 0 Å². The highest BCUT2D eigenvalue weighted by Gasteiger charge is 2.22. The van der Waals surface area contributed by atoms with Gasteiger partial charge >= 0.3 is 5.69 Å². The molecule has 18 heavy (non-hydrogen) atoms. The average molecular weight is 249 g/mol. The minimum Gasteiger partial charge on any atom is -0.380 e. The smallest absolute Gasteiger partial charge is 0.331 e. The zero-order chi connectivity index (χ0) is 13.1. The van der Waals surface area contributed by atoms with Crippen LogP contribution in [0.5, 0.6) is 0 Å². The number of nitriles is 1. The van der Waals surface area contributed by atoms with Crippen LogP contribution in [0, 0.1) is 11.3 Å². The van der Waals surface area contributed by atoms with E-state index in [0.29, 0.717) is 31.9 Å². The molecule has 0 spiro atoms. The van der Waals surface area contributed by atoms with Crippen molar-refractivity contribution in [1.82, 2.24) is 9.13 Å². The Labute approximate surface area is 104 Å². The number of aromatic nitrogens is 2. The van der Waals surface area contributed by atoms with Crippen molar-refractivity contribution in [1.29, 1.82) is 5.26 Å². The standard InChI is InChI=1S/C12H15N3O3/c1-2-18-7-6-15-11(16)9(8-13)10-4-3-5-14(10)12(15)17/h2-7H2,1H3. The van der Waals surface area contributed by atoms with Crippen LogP contribution in [0.4, 0.5) is 0 Å². The summed E-state index contributed by atoms with van der Waals surface area (Å²) in [4.78, 5) is 24.2. The number of ether oxygens (including phenoxy) is 1. The first kappa shape index (κ1) is 12.6. The molecule has 0 unspecified atom stereocenters. The lowest BCUT2D eigenvalue weighted by Gasteiger charge is -2.10.